The van der Waals surface area contributed by atoms with Gasteiger partial charge in [0.2, 0.25) is 0 Å². The van der Waals surface area contributed by atoms with E-state index in [1.165, 1.54) is 0 Å². The van der Waals surface area contributed by atoms with Gasteiger partial charge in [0, 0.05) is 38.0 Å². The maximum absolute atomic E-state index is 12.8. The van der Waals surface area contributed by atoms with Gasteiger partial charge in [-0.05, 0) is 38.0 Å². The van der Waals surface area contributed by atoms with Crippen LogP contribution in [-0.2, 0) is 17.7 Å². The molecule has 3 heterocycles. The lowest BCUT2D eigenvalue weighted by Gasteiger charge is -2.26. The lowest BCUT2D eigenvalue weighted by Crippen LogP contribution is -2.29. The molecule has 0 saturated heterocycles. The van der Waals surface area contributed by atoms with Gasteiger partial charge in [-0.25, -0.2) is 0 Å². The van der Waals surface area contributed by atoms with Crippen molar-refractivity contribution in [3.63, 3.8) is 0 Å². The third-order valence-electron chi connectivity index (χ3n) is 4.33. The summed E-state index contributed by atoms with van der Waals surface area (Å²) in [4.78, 5) is 18.6. The van der Waals surface area contributed by atoms with E-state index >= 15 is 0 Å². The molecule has 0 unspecified atom stereocenters. The van der Waals surface area contributed by atoms with Gasteiger partial charge in [0.15, 0.2) is 5.69 Å². The van der Waals surface area contributed by atoms with Crippen LogP contribution in [0.25, 0.3) is 0 Å². The molecule has 2 atom stereocenters. The Bertz CT molecular complexity index is 725. The Morgan fingerprint density at radius 1 is 1.48 bits per heavy atom. The standard InChI is InChI=1S/C17H22N4O2/c1-10-8-18-6-5-13(10)9-21(4)17(22)16-14-7-11(2)23-12(3)15(14)19-20-16/h5-6,8,11-12H,7,9H2,1-4H3,(H,19,20)/t11-,12+/m1/s1. The van der Waals surface area contributed by atoms with Crippen molar-refractivity contribution in [2.24, 2.45) is 0 Å². The summed E-state index contributed by atoms with van der Waals surface area (Å²) in [5, 5.41) is 7.23. The van der Waals surface area contributed by atoms with Gasteiger partial charge < -0.3 is 9.64 Å². The van der Waals surface area contributed by atoms with Gasteiger partial charge in [0.1, 0.15) is 0 Å². The molecule has 0 fully saturated rings. The molecule has 1 aliphatic rings. The molecular formula is C17H22N4O2. The molecule has 6 nitrogen and oxygen atoms in total. The van der Waals surface area contributed by atoms with E-state index in [-0.39, 0.29) is 18.1 Å². The number of H-pyrrole nitrogens is 1. The van der Waals surface area contributed by atoms with Crippen LogP contribution in [0.15, 0.2) is 18.5 Å². The third-order valence-corrected chi connectivity index (χ3v) is 4.33. The van der Waals surface area contributed by atoms with Crippen LogP contribution in [0.5, 0.6) is 0 Å². The molecule has 0 spiro atoms. The zero-order valence-electron chi connectivity index (χ0n) is 14.0. The number of aromatic nitrogens is 3. The summed E-state index contributed by atoms with van der Waals surface area (Å²) in [6.45, 7) is 6.53. The van der Waals surface area contributed by atoms with E-state index in [1.807, 2.05) is 33.0 Å². The van der Waals surface area contributed by atoms with E-state index < -0.39 is 0 Å². The van der Waals surface area contributed by atoms with Crippen LogP contribution in [0.3, 0.4) is 0 Å². The van der Waals surface area contributed by atoms with E-state index in [0.717, 1.165) is 22.4 Å². The quantitative estimate of drug-likeness (QED) is 0.944. The first-order valence-corrected chi connectivity index (χ1v) is 7.85. The van der Waals surface area contributed by atoms with Gasteiger partial charge in [-0.3, -0.25) is 14.9 Å². The fourth-order valence-electron chi connectivity index (χ4n) is 3.04. The maximum Gasteiger partial charge on any atom is 0.274 e. The van der Waals surface area contributed by atoms with Crippen molar-refractivity contribution in [1.82, 2.24) is 20.1 Å². The Morgan fingerprint density at radius 3 is 3.00 bits per heavy atom. The maximum atomic E-state index is 12.8. The summed E-state index contributed by atoms with van der Waals surface area (Å²) in [5.41, 5.74) is 4.58. The molecule has 3 rings (SSSR count). The van der Waals surface area contributed by atoms with Crippen LogP contribution in [-0.4, -0.2) is 39.1 Å². The average molecular weight is 314 g/mol. The minimum absolute atomic E-state index is 0.0597. The van der Waals surface area contributed by atoms with Crippen LogP contribution in [0.1, 0.15) is 52.8 Å². The molecule has 6 heteroatoms. The summed E-state index contributed by atoms with van der Waals surface area (Å²) in [6.07, 6.45) is 4.30. The second kappa shape index (κ2) is 6.12. The van der Waals surface area contributed by atoms with Crippen molar-refractivity contribution in [3.05, 3.63) is 46.5 Å². The average Bonchev–Trinajstić information content (AvgIpc) is 2.92. The fourth-order valence-corrected chi connectivity index (χ4v) is 3.04. The van der Waals surface area contributed by atoms with Gasteiger partial charge in [0.05, 0.1) is 17.9 Å². The summed E-state index contributed by atoms with van der Waals surface area (Å²) >= 11 is 0. The predicted octanol–water partition coefficient (Wildman–Crippen LogP) is 2.41. The second-order valence-electron chi connectivity index (χ2n) is 6.22. The van der Waals surface area contributed by atoms with Crippen molar-refractivity contribution in [3.8, 4) is 0 Å². The van der Waals surface area contributed by atoms with Crippen molar-refractivity contribution < 1.29 is 9.53 Å². The molecule has 23 heavy (non-hydrogen) atoms. The van der Waals surface area contributed by atoms with E-state index in [2.05, 4.69) is 15.2 Å². The topological polar surface area (TPSA) is 71.1 Å². The number of pyridine rings is 1. The van der Waals surface area contributed by atoms with Gasteiger partial charge in [-0.15, -0.1) is 0 Å². The van der Waals surface area contributed by atoms with Gasteiger partial charge >= 0.3 is 0 Å². The first kappa shape index (κ1) is 15.7. The molecule has 122 valence electrons. The van der Waals surface area contributed by atoms with E-state index in [1.54, 1.807) is 18.1 Å². The zero-order valence-corrected chi connectivity index (χ0v) is 14.0. The van der Waals surface area contributed by atoms with Gasteiger partial charge in [0.25, 0.3) is 5.91 Å². The highest BCUT2D eigenvalue weighted by molar-refractivity contribution is 5.94. The van der Waals surface area contributed by atoms with Crippen LogP contribution < -0.4 is 0 Å². The minimum atomic E-state index is -0.0694. The molecule has 1 amide bonds. The number of carbonyl (C=O) groups is 1. The molecular weight excluding hydrogens is 292 g/mol. The number of rotatable bonds is 3. The first-order chi connectivity index (χ1) is 11.0. The van der Waals surface area contributed by atoms with Gasteiger partial charge in [-0.1, -0.05) is 0 Å². The Kier molecular flexibility index (Phi) is 4.17. The fraction of sp³-hybridized carbons (Fsp3) is 0.471. The molecule has 1 N–H and O–H groups in total. The van der Waals surface area contributed by atoms with Crippen molar-refractivity contribution in [1.29, 1.82) is 0 Å². The summed E-state index contributed by atoms with van der Waals surface area (Å²) in [5.74, 6) is -0.0694. The number of aryl methyl sites for hydroxylation is 1. The Hall–Kier alpha value is -2.21. The highest BCUT2D eigenvalue weighted by atomic mass is 16.5. The van der Waals surface area contributed by atoms with Crippen LogP contribution in [0.4, 0.5) is 0 Å². The Morgan fingerprint density at radius 2 is 2.26 bits per heavy atom. The SMILES string of the molecule is Cc1cnccc1CN(C)C(=O)c1n[nH]c2c1C[C@@H](C)O[C@H]2C. The van der Waals surface area contributed by atoms with E-state index in [4.69, 9.17) is 4.74 Å². The number of aromatic amines is 1. The zero-order chi connectivity index (χ0) is 16.6. The molecule has 0 aliphatic carbocycles. The largest absolute Gasteiger partial charge is 0.369 e. The van der Waals surface area contributed by atoms with E-state index in [9.17, 15) is 4.79 Å². The summed E-state index contributed by atoms with van der Waals surface area (Å²) in [7, 11) is 1.80. The van der Waals surface area contributed by atoms with Crippen molar-refractivity contribution >= 4 is 5.91 Å². The summed E-state index contributed by atoms with van der Waals surface area (Å²) < 4.78 is 5.77. The number of nitrogens with one attached hydrogen (secondary N) is 1. The molecule has 0 aromatic carbocycles. The number of nitrogens with zero attached hydrogens (tertiary/aromatic N) is 3. The van der Waals surface area contributed by atoms with E-state index in [0.29, 0.717) is 18.7 Å². The lowest BCUT2D eigenvalue weighted by atomic mass is 9.99. The van der Waals surface area contributed by atoms with Crippen molar-refractivity contribution in [2.75, 3.05) is 7.05 Å². The number of hydrogen-bond donors (Lipinski definition) is 1. The lowest BCUT2D eigenvalue weighted by molar-refractivity contribution is -0.00701. The van der Waals surface area contributed by atoms with Gasteiger partial charge in [-0.2, -0.15) is 5.10 Å². The van der Waals surface area contributed by atoms with Crippen LogP contribution in [0, 0.1) is 6.92 Å². The number of carbonyl (C=O) groups excluding carboxylic acids is 1. The predicted molar refractivity (Wildman–Crippen MR) is 86.0 cm³/mol. The molecule has 2 aromatic rings. The number of hydrogen-bond acceptors (Lipinski definition) is 4. The Balaban J connectivity index is 1.82. The smallest absolute Gasteiger partial charge is 0.274 e. The molecule has 2 aromatic heterocycles. The molecule has 0 saturated carbocycles. The monoisotopic (exact) mass is 314 g/mol. The second-order valence-corrected chi connectivity index (χ2v) is 6.22. The molecule has 0 bridgehead atoms. The van der Waals surface area contributed by atoms with Crippen LogP contribution in [0.2, 0.25) is 0 Å². The third kappa shape index (κ3) is 2.99. The van der Waals surface area contributed by atoms with Crippen LogP contribution >= 0.6 is 0 Å². The minimum Gasteiger partial charge on any atom is -0.369 e. The summed E-state index contributed by atoms with van der Waals surface area (Å²) in [6, 6.07) is 1.94. The highest BCUT2D eigenvalue weighted by Crippen LogP contribution is 2.30. The van der Waals surface area contributed by atoms with Crippen molar-refractivity contribution in [2.45, 2.75) is 45.9 Å². The number of ether oxygens (including phenoxy) is 1. The Labute approximate surface area is 135 Å². The normalized spacial score (nSPS) is 20.2. The number of amides is 1. The number of fused-ring (bicyclic) bond motifs is 1. The molecule has 1 aliphatic heterocycles. The highest BCUT2D eigenvalue weighted by Gasteiger charge is 2.30. The first-order valence-electron chi connectivity index (χ1n) is 7.85. The molecule has 0 radical (unpaired) electrons.